The fourth-order valence-electron chi connectivity index (χ4n) is 2.27. The summed E-state index contributed by atoms with van der Waals surface area (Å²) < 4.78 is 38.9. The van der Waals surface area contributed by atoms with E-state index in [9.17, 15) is 18.0 Å². The second-order valence-electron chi connectivity index (χ2n) is 4.79. The van der Waals surface area contributed by atoms with E-state index in [1.165, 1.54) is 0 Å². The molecule has 0 aliphatic heterocycles. The maximum Gasteiger partial charge on any atom is 0.433 e. The van der Waals surface area contributed by atoms with E-state index < -0.39 is 23.7 Å². The highest BCUT2D eigenvalue weighted by Gasteiger charge is 2.34. The molecule has 0 aliphatic carbocycles. The zero-order chi connectivity index (χ0) is 16.6. The quantitative estimate of drug-likeness (QED) is 0.775. The van der Waals surface area contributed by atoms with Crippen LogP contribution in [0.3, 0.4) is 0 Å². The number of halogens is 3. The molecule has 3 rings (SSSR count). The molecular weight excluding hydrogens is 309 g/mol. The predicted octanol–water partition coefficient (Wildman–Crippen LogP) is 4.01. The molecule has 0 saturated carbocycles. The molecule has 23 heavy (non-hydrogen) atoms. The Balaban J connectivity index is 2.30. The maximum absolute atomic E-state index is 13.0. The first kappa shape index (κ1) is 15.0. The number of benzene rings is 2. The van der Waals surface area contributed by atoms with Crippen LogP contribution in [0.25, 0.3) is 22.0 Å². The molecule has 0 spiro atoms. The second kappa shape index (κ2) is 5.35. The molecule has 4 nitrogen and oxygen atoms in total. The number of carboxylic acid groups (broad SMARTS) is 1. The summed E-state index contributed by atoms with van der Waals surface area (Å²) in [4.78, 5) is 17.9. The number of fused-ring (bicyclic) bond motifs is 1. The Morgan fingerprint density at radius 2 is 1.70 bits per heavy atom. The first-order valence-corrected chi connectivity index (χ1v) is 6.54. The molecule has 3 aromatic rings. The van der Waals surface area contributed by atoms with E-state index in [-0.39, 0.29) is 5.69 Å². The molecule has 2 aromatic carbocycles. The van der Waals surface area contributed by atoms with E-state index in [1.807, 2.05) is 12.1 Å². The minimum atomic E-state index is -4.76. The van der Waals surface area contributed by atoms with Crippen molar-refractivity contribution in [2.24, 2.45) is 0 Å². The first-order valence-electron chi connectivity index (χ1n) is 6.54. The highest BCUT2D eigenvalue weighted by atomic mass is 19.4. The van der Waals surface area contributed by atoms with Gasteiger partial charge in [-0.1, -0.05) is 42.5 Å². The van der Waals surface area contributed by atoms with Crippen molar-refractivity contribution in [1.29, 1.82) is 0 Å². The van der Waals surface area contributed by atoms with E-state index in [0.29, 0.717) is 10.9 Å². The van der Waals surface area contributed by atoms with Crippen molar-refractivity contribution in [2.75, 3.05) is 0 Å². The topological polar surface area (TPSA) is 63.1 Å². The van der Waals surface area contributed by atoms with Crippen LogP contribution in [0.4, 0.5) is 13.2 Å². The fourth-order valence-corrected chi connectivity index (χ4v) is 2.27. The zero-order valence-corrected chi connectivity index (χ0v) is 11.5. The van der Waals surface area contributed by atoms with E-state index >= 15 is 0 Å². The normalized spacial score (nSPS) is 11.6. The molecule has 1 heterocycles. The van der Waals surface area contributed by atoms with Gasteiger partial charge >= 0.3 is 12.1 Å². The lowest BCUT2D eigenvalue weighted by Crippen LogP contribution is -2.14. The summed E-state index contributed by atoms with van der Waals surface area (Å²) in [7, 11) is 0. The third-order valence-corrected chi connectivity index (χ3v) is 3.27. The van der Waals surface area contributed by atoms with Gasteiger partial charge in [0.25, 0.3) is 0 Å². The van der Waals surface area contributed by atoms with Crippen molar-refractivity contribution in [2.45, 2.75) is 6.18 Å². The van der Waals surface area contributed by atoms with Crippen LogP contribution in [0, 0.1) is 0 Å². The third-order valence-electron chi connectivity index (χ3n) is 3.27. The van der Waals surface area contributed by atoms with Crippen LogP contribution in [-0.2, 0) is 6.18 Å². The lowest BCUT2D eigenvalue weighted by Gasteiger charge is -2.10. The maximum atomic E-state index is 13.0. The number of carbonyl (C=O) groups is 1. The van der Waals surface area contributed by atoms with Crippen LogP contribution in [0.15, 0.2) is 48.5 Å². The van der Waals surface area contributed by atoms with E-state index in [2.05, 4.69) is 9.97 Å². The van der Waals surface area contributed by atoms with Gasteiger partial charge in [0.2, 0.25) is 5.82 Å². The minimum absolute atomic E-state index is 0.0819. The van der Waals surface area contributed by atoms with Gasteiger partial charge < -0.3 is 5.11 Å². The van der Waals surface area contributed by atoms with Gasteiger partial charge in [-0.2, -0.15) is 13.2 Å². The molecule has 0 aliphatic rings. The van der Waals surface area contributed by atoms with Crippen LogP contribution < -0.4 is 0 Å². The van der Waals surface area contributed by atoms with Crippen LogP contribution in [0.1, 0.15) is 16.3 Å². The fraction of sp³-hybridized carbons (Fsp3) is 0.0625. The number of nitrogens with zero attached hydrogens (tertiary/aromatic N) is 2. The van der Waals surface area contributed by atoms with E-state index in [0.717, 1.165) is 11.5 Å². The van der Waals surface area contributed by atoms with Crippen LogP contribution in [-0.4, -0.2) is 21.0 Å². The Morgan fingerprint density at radius 3 is 2.39 bits per heavy atom. The van der Waals surface area contributed by atoms with Gasteiger partial charge in [0.15, 0.2) is 0 Å². The summed E-state index contributed by atoms with van der Waals surface area (Å²) in [6.07, 6.45) is -4.76. The molecule has 0 amide bonds. The molecule has 0 fully saturated rings. The number of aromatic carboxylic acids is 1. The summed E-state index contributed by atoms with van der Waals surface area (Å²) in [5, 5.41) is 10.5. The Labute approximate surface area is 128 Å². The molecule has 116 valence electrons. The molecule has 1 N–H and O–H groups in total. The summed E-state index contributed by atoms with van der Waals surface area (Å²) >= 11 is 0. The third kappa shape index (κ3) is 2.85. The smallest absolute Gasteiger partial charge is 0.433 e. The van der Waals surface area contributed by atoms with Crippen molar-refractivity contribution in [3.63, 3.8) is 0 Å². The molecule has 0 bridgehead atoms. The Hall–Kier alpha value is -2.96. The average Bonchev–Trinajstić information content (AvgIpc) is 2.53. The lowest BCUT2D eigenvalue weighted by molar-refractivity contribution is -0.141. The zero-order valence-electron chi connectivity index (χ0n) is 11.5. The Kier molecular flexibility index (Phi) is 3.48. The summed E-state index contributed by atoms with van der Waals surface area (Å²) in [6, 6.07) is 12.9. The Morgan fingerprint density at radius 1 is 1.00 bits per heavy atom. The first-order chi connectivity index (χ1) is 10.9. The molecule has 7 heteroatoms. The van der Waals surface area contributed by atoms with E-state index in [1.54, 1.807) is 30.3 Å². The highest BCUT2D eigenvalue weighted by molar-refractivity contribution is 5.96. The lowest BCUT2D eigenvalue weighted by atomic mass is 10.0. The molecule has 0 saturated heterocycles. The summed E-state index contributed by atoms with van der Waals surface area (Å²) in [5.41, 5.74) is -0.951. The van der Waals surface area contributed by atoms with Gasteiger partial charge in [-0.15, -0.1) is 0 Å². The summed E-state index contributed by atoms with van der Waals surface area (Å²) in [6.45, 7) is 0. The van der Waals surface area contributed by atoms with Crippen molar-refractivity contribution in [3.05, 3.63) is 60.0 Å². The molecule has 0 unspecified atom stereocenters. The van der Waals surface area contributed by atoms with Gasteiger partial charge in [0, 0.05) is 5.56 Å². The largest absolute Gasteiger partial charge is 0.475 e. The number of alkyl halides is 3. The molecule has 0 atom stereocenters. The molecular formula is C16H9F3N2O2. The van der Waals surface area contributed by atoms with Gasteiger partial charge in [-0.05, 0) is 16.8 Å². The van der Waals surface area contributed by atoms with Gasteiger partial charge in [-0.25, -0.2) is 14.8 Å². The van der Waals surface area contributed by atoms with Crippen LogP contribution in [0.5, 0.6) is 0 Å². The molecule has 1 aromatic heterocycles. The van der Waals surface area contributed by atoms with Gasteiger partial charge in [0.1, 0.15) is 5.69 Å². The summed E-state index contributed by atoms with van der Waals surface area (Å²) in [5.74, 6) is -2.50. The van der Waals surface area contributed by atoms with E-state index in [4.69, 9.17) is 5.11 Å². The van der Waals surface area contributed by atoms with Crippen LogP contribution >= 0.6 is 0 Å². The SMILES string of the molecule is O=C(O)c1nc(-c2cccc3ccccc23)cc(C(F)(F)F)n1. The van der Waals surface area contributed by atoms with Crippen molar-refractivity contribution < 1.29 is 23.1 Å². The number of hydrogen-bond acceptors (Lipinski definition) is 3. The Bertz CT molecular complexity index is 902. The predicted molar refractivity (Wildman–Crippen MR) is 76.9 cm³/mol. The number of aromatic nitrogens is 2. The van der Waals surface area contributed by atoms with Crippen LogP contribution in [0.2, 0.25) is 0 Å². The standard InChI is InChI=1S/C16H9F3N2O2/c17-16(18,19)13-8-12(20-14(21-13)15(22)23)11-7-3-5-9-4-1-2-6-10(9)11/h1-8H,(H,22,23). The average molecular weight is 318 g/mol. The monoisotopic (exact) mass is 318 g/mol. The number of carboxylic acids is 1. The minimum Gasteiger partial charge on any atom is -0.475 e. The highest BCUT2D eigenvalue weighted by Crippen LogP contribution is 2.32. The van der Waals surface area contributed by atoms with Crippen molar-refractivity contribution in [3.8, 4) is 11.3 Å². The number of hydrogen-bond donors (Lipinski definition) is 1. The number of rotatable bonds is 2. The van der Waals surface area contributed by atoms with Gasteiger partial charge in [0.05, 0.1) is 5.69 Å². The van der Waals surface area contributed by atoms with Gasteiger partial charge in [-0.3, -0.25) is 0 Å². The second-order valence-corrected chi connectivity index (χ2v) is 4.79. The molecule has 0 radical (unpaired) electrons. The van der Waals surface area contributed by atoms with Crippen molar-refractivity contribution in [1.82, 2.24) is 9.97 Å². The van der Waals surface area contributed by atoms with Crippen molar-refractivity contribution >= 4 is 16.7 Å².